The summed E-state index contributed by atoms with van der Waals surface area (Å²) in [6, 6.07) is 9.85. The van der Waals surface area contributed by atoms with Gasteiger partial charge in [-0.05, 0) is 30.9 Å². The van der Waals surface area contributed by atoms with E-state index in [2.05, 4.69) is 5.32 Å². The number of carbonyl (C=O) groups excluding carboxylic acids is 5. The van der Waals surface area contributed by atoms with Crippen LogP contribution in [0, 0.1) is 0 Å². The number of benzene rings is 2. The van der Waals surface area contributed by atoms with Gasteiger partial charge < -0.3 is 10.1 Å². The van der Waals surface area contributed by atoms with Crippen LogP contribution in [0.1, 0.15) is 40.5 Å². The van der Waals surface area contributed by atoms with E-state index in [-0.39, 0.29) is 19.4 Å². The Balaban J connectivity index is 1.58. The van der Waals surface area contributed by atoms with Crippen molar-refractivity contribution in [1.29, 1.82) is 0 Å². The SMILES string of the molecule is CNC(=O)NC(=O)[C@H](C)OC(=O)CCCN1C(=O)c2cccc3cccc(c23)C1=O. The van der Waals surface area contributed by atoms with E-state index in [0.29, 0.717) is 16.5 Å². The predicted octanol–water partition coefficient (Wildman–Crippen LogP) is 1.60. The van der Waals surface area contributed by atoms with Gasteiger partial charge in [-0.25, -0.2) is 4.79 Å². The zero-order valence-corrected chi connectivity index (χ0v) is 16.6. The summed E-state index contributed by atoms with van der Waals surface area (Å²) >= 11 is 0. The first kappa shape index (κ1) is 21.0. The van der Waals surface area contributed by atoms with Gasteiger partial charge in [0.1, 0.15) is 0 Å². The summed E-state index contributed by atoms with van der Waals surface area (Å²) in [6.45, 7) is 1.38. The Kier molecular flexibility index (Phi) is 6.10. The van der Waals surface area contributed by atoms with Gasteiger partial charge in [-0.3, -0.25) is 29.4 Å². The monoisotopic (exact) mass is 411 g/mol. The number of esters is 1. The smallest absolute Gasteiger partial charge is 0.321 e. The summed E-state index contributed by atoms with van der Waals surface area (Å²) in [7, 11) is 1.35. The van der Waals surface area contributed by atoms with Gasteiger partial charge in [0.2, 0.25) is 0 Å². The van der Waals surface area contributed by atoms with Crippen molar-refractivity contribution in [3.63, 3.8) is 0 Å². The first-order valence-corrected chi connectivity index (χ1v) is 9.43. The molecule has 30 heavy (non-hydrogen) atoms. The van der Waals surface area contributed by atoms with Crippen LogP contribution >= 0.6 is 0 Å². The summed E-state index contributed by atoms with van der Waals surface area (Å²) in [5, 5.41) is 5.68. The maximum Gasteiger partial charge on any atom is 0.321 e. The molecule has 0 aromatic heterocycles. The number of rotatable bonds is 6. The molecular formula is C21H21N3O6. The van der Waals surface area contributed by atoms with Crippen LogP contribution in [-0.4, -0.2) is 54.3 Å². The number of nitrogens with one attached hydrogen (secondary N) is 2. The van der Waals surface area contributed by atoms with Crippen LogP contribution < -0.4 is 10.6 Å². The average molecular weight is 411 g/mol. The average Bonchev–Trinajstić information content (AvgIpc) is 2.73. The molecule has 0 bridgehead atoms. The quantitative estimate of drug-likeness (QED) is 0.550. The Labute approximate surface area is 172 Å². The van der Waals surface area contributed by atoms with E-state index in [1.54, 1.807) is 24.3 Å². The molecule has 9 nitrogen and oxygen atoms in total. The van der Waals surface area contributed by atoms with E-state index >= 15 is 0 Å². The van der Waals surface area contributed by atoms with Gasteiger partial charge >= 0.3 is 12.0 Å². The Morgan fingerprint density at radius 3 is 2.20 bits per heavy atom. The number of hydrogen-bond acceptors (Lipinski definition) is 6. The number of carbonyl (C=O) groups is 5. The van der Waals surface area contributed by atoms with Crippen LogP contribution in [0.2, 0.25) is 0 Å². The van der Waals surface area contributed by atoms with Crippen LogP contribution in [0.4, 0.5) is 4.79 Å². The Hall–Kier alpha value is -3.75. The highest BCUT2D eigenvalue weighted by molar-refractivity contribution is 6.25. The lowest BCUT2D eigenvalue weighted by molar-refractivity contribution is -0.154. The molecule has 2 aromatic rings. The summed E-state index contributed by atoms with van der Waals surface area (Å²) in [5.41, 5.74) is 0.898. The van der Waals surface area contributed by atoms with E-state index in [0.717, 1.165) is 10.3 Å². The molecule has 0 spiro atoms. The lowest BCUT2D eigenvalue weighted by Crippen LogP contribution is -2.43. The second-order valence-electron chi connectivity index (χ2n) is 6.78. The lowest BCUT2D eigenvalue weighted by Gasteiger charge is -2.27. The second-order valence-corrected chi connectivity index (χ2v) is 6.78. The summed E-state index contributed by atoms with van der Waals surface area (Å²) in [4.78, 5) is 61.5. The Bertz CT molecular complexity index is 997. The molecule has 1 aliphatic heterocycles. The number of imide groups is 2. The molecule has 5 amide bonds. The maximum atomic E-state index is 12.8. The third-order valence-corrected chi connectivity index (χ3v) is 4.76. The fourth-order valence-corrected chi connectivity index (χ4v) is 3.25. The van der Waals surface area contributed by atoms with Crippen molar-refractivity contribution < 1.29 is 28.7 Å². The van der Waals surface area contributed by atoms with Crippen molar-refractivity contribution in [3.8, 4) is 0 Å². The molecule has 0 fully saturated rings. The van der Waals surface area contributed by atoms with E-state index in [9.17, 15) is 24.0 Å². The molecule has 0 aliphatic carbocycles. The highest BCUT2D eigenvalue weighted by Crippen LogP contribution is 2.30. The van der Waals surface area contributed by atoms with Crippen molar-refractivity contribution >= 4 is 40.5 Å². The number of ether oxygens (including phenoxy) is 1. The first-order chi connectivity index (χ1) is 14.3. The minimum Gasteiger partial charge on any atom is -0.453 e. The van der Waals surface area contributed by atoms with Crippen LogP contribution in [0.3, 0.4) is 0 Å². The van der Waals surface area contributed by atoms with Crippen LogP contribution in [0.25, 0.3) is 10.8 Å². The molecule has 0 unspecified atom stereocenters. The zero-order chi connectivity index (χ0) is 21.8. The van der Waals surface area contributed by atoms with E-state index in [4.69, 9.17) is 4.74 Å². The fourth-order valence-electron chi connectivity index (χ4n) is 3.25. The third-order valence-electron chi connectivity index (χ3n) is 4.76. The standard InChI is InChI=1S/C21H21N3O6/c1-12(18(26)23-21(29)22-2)30-16(25)10-5-11-24-19(27)14-8-3-6-13-7-4-9-15(17(13)14)20(24)28/h3-4,6-9,12H,5,10-11H2,1-2H3,(H2,22,23,26,29)/t12-/m0/s1. The molecule has 1 atom stereocenters. The number of amides is 5. The minimum absolute atomic E-state index is 0.0380. The van der Waals surface area contributed by atoms with Crippen LogP contribution in [-0.2, 0) is 14.3 Å². The van der Waals surface area contributed by atoms with Gasteiger partial charge in [0.05, 0.1) is 0 Å². The van der Waals surface area contributed by atoms with Crippen molar-refractivity contribution in [2.45, 2.75) is 25.9 Å². The third kappa shape index (κ3) is 4.14. The molecule has 0 saturated heterocycles. The summed E-state index contributed by atoms with van der Waals surface area (Å²) < 4.78 is 4.98. The largest absolute Gasteiger partial charge is 0.453 e. The van der Waals surface area contributed by atoms with E-state index in [1.165, 1.54) is 14.0 Å². The second kappa shape index (κ2) is 8.73. The number of urea groups is 1. The molecule has 2 N–H and O–H groups in total. The van der Waals surface area contributed by atoms with Gasteiger partial charge in [-0.2, -0.15) is 0 Å². The van der Waals surface area contributed by atoms with Gasteiger partial charge in [0, 0.05) is 36.5 Å². The van der Waals surface area contributed by atoms with Gasteiger partial charge in [0.15, 0.2) is 6.10 Å². The highest BCUT2D eigenvalue weighted by atomic mass is 16.5. The molecule has 1 aliphatic rings. The molecule has 1 heterocycles. The van der Waals surface area contributed by atoms with Gasteiger partial charge in [-0.15, -0.1) is 0 Å². The highest BCUT2D eigenvalue weighted by Gasteiger charge is 2.32. The van der Waals surface area contributed by atoms with Crippen LogP contribution in [0.5, 0.6) is 0 Å². The van der Waals surface area contributed by atoms with Crippen molar-refractivity contribution in [3.05, 3.63) is 47.5 Å². The molecular weight excluding hydrogens is 390 g/mol. The molecule has 0 saturated carbocycles. The minimum atomic E-state index is -1.16. The number of nitrogens with zero attached hydrogens (tertiary/aromatic N) is 1. The normalized spacial score (nSPS) is 13.7. The Morgan fingerprint density at radius 1 is 1.03 bits per heavy atom. The molecule has 3 rings (SSSR count). The first-order valence-electron chi connectivity index (χ1n) is 9.43. The van der Waals surface area contributed by atoms with E-state index in [1.807, 2.05) is 17.4 Å². The fraction of sp³-hybridized carbons (Fsp3) is 0.286. The Morgan fingerprint density at radius 2 is 1.63 bits per heavy atom. The van der Waals surface area contributed by atoms with Gasteiger partial charge in [-0.1, -0.05) is 24.3 Å². The molecule has 0 radical (unpaired) electrons. The summed E-state index contributed by atoms with van der Waals surface area (Å²) in [6.07, 6.45) is -1.07. The lowest BCUT2D eigenvalue weighted by atomic mass is 9.94. The van der Waals surface area contributed by atoms with Gasteiger partial charge in [0.25, 0.3) is 17.7 Å². The zero-order valence-electron chi connectivity index (χ0n) is 16.6. The topological polar surface area (TPSA) is 122 Å². The van der Waals surface area contributed by atoms with Crippen molar-refractivity contribution in [2.24, 2.45) is 0 Å². The number of hydrogen-bond donors (Lipinski definition) is 2. The molecule has 9 heteroatoms. The molecule has 156 valence electrons. The maximum absolute atomic E-state index is 12.8. The van der Waals surface area contributed by atoms with E-state index < -0.39 is 35.8 Å². The van der Waals surface area contributed by atoms with Crippen LogP contribution in [0.15, 0.2) is 36.4 Å². The molecule has 2 aromatic carbocycles. The van der Waals surface area contributed by atoms with Crippen molar-refractivity contribution in [1.82, 2.24) is 15.5 Å². The summed E-state index contributed by atoms with van der Waals surface area (Å²) in [5.74, 6) is -2.24. The van der Waals surface area contributed by atoms with Crippen molar-refractivity contribution in [2.75, 3.05) is 13.6 Å². The predicted molar refractivity (Wildman–Crippen MR) is 107 cm³/mol.